The van der Waals surface area contributed by atoms with Gasteiger partial charge in [-0.1, -0.05) is 19.3 Å². The fraction of sp³-hybridized carbons (Fsp3) is 0.933. The molecule has 0 aromatic carbocycles. The molecule has 0 aromatic heterocycles. The first-order chi connectivity index (χ1) is 8.65. The number of rotatable bonds is 5. The van der Waals surface area contributed by atoms with E-state index in [-0.39, 0.29) is 0 Å². The summed E-state index contributed by atoms with van der Waals surface area (Å²) in [5.74, 6) is 0.858. The van der Waals surface area contributed by atoms with Crippen molar-refractivity contribution in [2.75, 3.05) is 26.2 Å². The van der Waals surface area contributed by atoms with Gasteiger partial charge in [0, 0.05) is 12.6 Å². The summed E-state index contributed by atoms with van der Waals surface area (Å²) in [4.78, 5) is 2.38. The van der Waals surface area contributed by atoms with Gasteiger partial charge in [0.15, 0.2) is 0 Å². The fourth-order valence-electron chi connectivity index (χ4n) is 3.37. The van der Waals surface area contributed by atoms with E-state index in [2.05, 4.69) is 32.6 Å². The molecule has 0 saturated heterocycles. The molecule has 0 radical (unpaired) electrons. The highest BCUT2D eigenvalue weighted by atomic mass is 15.5. The second-order valence-corrected chi connectivity index (χ2v) is 5.50. The molecule has 0 heterocycles. The van der Waals surface area contributed by atoms with E-state index in [4.69, 9.17) is 5.41 Å². The maximum Gasteiger partial charge on any atom is 0.297 e. The minimum Gasteiger partial charge on any atom is -0.309 e. The molecular formula is C15H32N3+. The molecule has 1 rings (SSSR count). The summed E-state index contributed by atoms with van der Waals surface area (Å²) >= 11 is 0. The Bertz CT molecular complexity index is 244. The van der Waals surface area contributed by atoms with E-state index >= 15 is 0 Å². The molecule has 1 aliphatic carbocycles. The van der Waals surface area contributed by atoms with Crippen molar-refractivity contribution in [3.05, 3.63) is 0 Å². The molecule has 1 N–H and O–H groups in total. The Kier molecular flexibility index (Phi) is 6.13. The number of quaternary nitrogens is 1. The summed E-state index contributed by atoms with van der Waals surface area (Å²) in [7, 11) is 0. The van der Waals surface area contributed by atoms with Crippen molar-refractivity contribution in [2.24, 2.45) is 0 Å². The highest BCUT2D eigenvalue weighted by Crippen LogP contribution is 2.24. The van der Waals surface area contributed by atoms with Crippen LogP contribution in [0.5, 0.6) is 0 Å². The van der Waals surface area contributed by atoms with Gasteiger partial charge >= 0.3 is 0 Å². The van der Waals surface area contributed by atoms with Crippen LogP contribution in [0.4, 0.5) is 0 Å². The first-order valence-electron chi connectivity index (χ1n) is 7.87. The Hall–Kier alpha value is -0.570. The van der Waals surface area contributed by atoms with Crippen LogP contribution in [0.25, 0.3) is 0 Å². The van der Waals surface area contributed by atoms with Gasteiger partial charge in [0.2, 0.25) is 0 Å². The highest BCUT2D eigenvalue weighted by Gasteiger charge is 2.35. The molecule has 0 bridgehead atoms. The number of hydrogen-bond donors (Lipinski definition) is 1. The number of nitrogens with zero attached hydrogens (tertiary/aromatic N) is 2. The Labute approximate surface area is 113 Å². The van der Waals surface area contributed by atoms with Crippen molar-refractivity contribution >= 4 is 5.96 Å². The molecule has 0 atom stereocenters. The number of guanidine groups is 1. The summed E-state index contributed by atoms with van der Waals surface area (Å²) < 4.78 is 0.838. The van der Waals surface area contributed by atoms with E-state index in [1.165, 1.54) is 32.1 Å². The van der Waals surface area contributed by atoms with Crippen LogP contribution in [0.15, 0.2) is 0 Å². The van der Waals surface area contributed by atoms with E-state index in [0.29, 0.717) is 6.04 Å². The van der Waals surface area contributed by atoms with Crippen LogP contribution in [0.3, 0.4) is 0 Å². The molecule has 18 heavy (non-hydrogen) atoms. The second-order valence-electron chi connectivity index (χ2n) is 5.50. The number of nitrogens with one attached hydrogen (secondary N) is 1. The van der Waals surface area contributed by atoms with Gasteiger partial charge in [-0.15, -0.1) is 0 Å². The molecule has 0 spiro atoms. The van der Waals surface area contributed by atoms with Crippen LogP contribution in [-0.2, 0) is 0 Å². The zero-order valence-corrected chi connectivity index (χ0v) is 12.8. The first-order valence-corrected chi connectivity index (χ1v) is 7.87. The molecule has 1 fully saturated rings. The average molecular weight is 254 g/mol. The van der Waals surface area contributed by atoms with E-state index in [1.807, 2.05) is 0 Å². The van der Waals surface area contributed by atoms with E-state index in [0.717, 1.165) is 36.6 Å². The molecule has 1 aliphatic rings. The van der Waals surface area contributed by atoms with Gasteiger partial charge in [-0.05, 0) is 40.5 Å². The van der Waals surface area contributed by atoms with Crippen molar-refractivity contribution in [1.29, 1.82) is 5.41 Å². The molecule has 0 aromatic rings. The summed E-state index contributed by atoms with van der Waals surface area (Å²) in [6.45, 7) is 13.0. The van der Waals surface area contributed by atoms with Gasteiger partial charge in [0.05, 0.1) is 19.6 Å². The molecule has 3 nitrogen and oxygen atoms in total. The monoisotopic (exact) mass is 254 g/mol. The minimum atomic E-state index is 0.624. The lowest BCUT2D eigenvalue weighted by Gasteiger charge is -2.43. The van der Waals surface area contributed by atoms with E-state index in [9.17, 15) is 0 Å². The van der Waals surface area contributed by atoms with Crippen molar-refractivity contribution in [1.82, 2.24) is 4.90 Å². The van der Waals surface area contributed by atoms with Gasteiger partial charge in [-0.3, -0.25) is 4.48 Å². The molecule has 106 valence electrons. The zero-order valence-electron chi connectivity index (χ0n) is 12.8. The van der Waals surface area contributed by atoms with Crippen LogP contribution in [-0.4, -0.2) is 47.6 Å². The van der Waals surface area contributed by atoms with E-state index in [1.54, 1.807) is 0 Å². The topological polar surface area (TPSA) is 27.1 Å². The third-order valence-corrected chi connectivity index (χ3v) is 4.89. The van der Waals surface area contributed by atoms with Gasteiger partial charge in [0.1, 0.15) is 0 Å². The Morgan fingerprint density at radius 2 is 1.50 bits per heavy atom. The SMILES string of the molecule is CCN(C(=N)[N+](CC)(CC)CC)C1CCCCC1. The molecule has 3 heteroatoms. The molecule has 0 amide bonds. The normalized spacial score (nSPS) is 17.8. The molecule has 1 saturated carbocycles. The smallest absolute Gasteiger partial charge is 0.297 e. The predicted octanol–water partition coefficient (Wildman–Crippen LogP) is 3.45. The third kappa shape index (κ3) is 3.05. The van der Waals surface area contributed by atoms with Gasteiger partial charge in [0.25, 0.3) is 5.96 Å². The first kappa shape index (κ1) is 15.5. The van der Waals surface area contributed by atoms with Gasteiger partial charge in [-0.2, -0.15) is 0 Å². The molecule has 0 unspecified atom stereocenters. The van der Waals surface area contributed by atoms with Crippen molar-refractivity contribution < 1.29 is 4.48 Å². The van der Waals surface area contributed by atoms with Crippen LogP contribution in [0.1, 0.15) is 59.8 Å². The standard InChI is InChI=1S/C15H32N3/c1-5-17(14-12-10-9-11-13-14)15(16)18(6-2,7-3)8-4/h14,16H,5-13H2,1-4H3/q+1. The zero-order chi connectivity index (χ0) is 13.6. The average Bonchev–Trinajstić information content (AvgIpc) is 2.43. The second kappa shape index (κ2) is 7.13. The quantitative estimate of drug-likeness (QED) is 0.454. The lowest BCUT2D eigenvalue weighted by atomic mass is 9.94. The van der Waals surface area contributed by atoms with Gasteiger partial charge < -0.3 is 4.90 Å². The van der Waals surface area contributed by atoms with Crippen LogP contribution in [0.2, 0.25) is 0 Å². The van der Waals surface area contributed by atoms with Crippen molar-refractivity contribution in [3.8, 4) is 0 Å². The minimum absolute atomic E-state index is 0.624. The van der Waals surface area contributed by atoms with Crippen LogP contribution >= 0.6 is 0 Å². The van der Waals surface area contributed by atoms with Crippen molar-refractivity contribution in [2.45, 2.75) is 65.8 Å². The summed E-state index contributed by atoms with van der Waals surface area (Å²) in [6.07, 6.45) is 6.65. The predicted molar refractivity (Wildman–Crippen MR) is 78.9 cm³/mol. The summed E-state index contributed by atoms with van der Waals surface area (Å²) in [6, 6.07) is 0.624. The lowest BCUT2D eigenvalue weighted by Crippen LogP contribution is -2.60. The lowest BCUT2D eigenvalue weighted by molar-refractivity contribution is -0.842. The Morgan fingerprint density at radius 1 is 1.00 bits per heavy atom. The third-order valence-electron chi connectivity index (χ3n) is 4.89. The van der Waals surface area contributed by atoms with Gasteiger partial charge in [-0.25, -0.2) is 5.41 Å². The van der Waals surface area contributed by atoms with Crippen LogP contribution in [0, 0.1) is 5.41 Å². The molecule has 0 aliphatic heterocycles. The Morgan fingerprint density at radius 3 is 1.89 bits per heavy atom. The summed E-state index contributed by atoms with van der Waals surface area (Å²) in [5, 5.41) is 8.69. The largest absolute Gasteiger partial charge is 0.309 e. The van der Waals surface area contributed by atoms with Crippen molar-refractivity contribution in [3.63, 3.8) is 0 Å². The Balaban J connectivity index is 2.82. The highest BCUT2D eigenvalue weighted by molar-refractivity contribution is 5.70. The van der Waals surface area contributed by atoms with E-state index < -0.39 is 0 Å². The molecular weight excluding hydrogens is 222 g/mol. The number of hydrogen-bond acceptors (Lipinski definition) is 1. The maximum absolute atomic E-state index is 8.69. The summed E-state index contributed by atoms with van der Waals surface area (Å²) in [5.41, 5.74) is 0. The van der Waals surface area contributed by atoms with Crippen LogP contribution < -0.4 is 0 Å². The maximum atomic E-state index is 8.69. The fourth-order valence-corrected chi connectivity index (χ4v) is 3.37.